The van der Waals surface area contributed by atoms with E-state index in [1.165, 1.54) is 25.7 Å². The summed E-state index contributed by atoms with van der Waals surface area (Å²) in [5.74, 6) is 0.748. The predicted octanol–water partition coefficient (Wildman–Crippen LogP) is 6.58. The summed E-state index contributed by atoms with van der Waals surface area (Å²) >= 11 is 3.53. The van der Waals surface area contributed by atoms with E-state index in [-0.39, 0.29) is 11.0 Å². The highest BCUT2D eigenvalue weighted by molar-refractivity contribution is 7.79. The lowest BCUT2D eigenvalue weighted by Gasteiger charge is -2.38. The molecule has 0 bridgehead atoms. The smallest absolute Gasteiger partial charge is 0.125 e. The number of rotatable bonds is 10. The predicted molar refractivity (Wildman–Crippen MR) is 109 cm³/mol. The molecule has 23 heavy (non-hydrogen) atoms. The molecule has 0 fully saturated rings. The first-order valence-corrected chi connectivity index (χ1v) is 10.2. The van der Waals surface area contributed by atoms with E-state index in [0.717, 1.165) is 31.5 Å². The summed E-state index contributed by atoms with van der Waals surface area (Å²) in [5.41, 5.74) is 0.0476. The molecule has 0 aliphatic heterocycles. The van der Waals surface area contributed by atoms with Crippen LogP contribution in [0, 0.1) is 11.3 Å². The number of methoxy groups -OCH3 is 1. The topological polar surface area (TPSA) is 26.3 Å². The van der Waals surface area contributed by atoms with E-state index in [1.807, 2.05) is 27.9 Å². The molecule has 0 rings (SSSR count). The summed E-state index contributed by atoms with van der Waals surface area (Å²) in [6.45, 7) is 14.9. The minimum atomic E-state index is -0.0972. The molecule has 0 saturated heterocycles. The van der Waals surface area contributed by atoms with Crippen LogP contribution >= 0.6 is 12.6 Å². The van der Waals surface area contributed by atoms with Gasteiger partial charge in [-0.2, -0.15) is 12.6 Å². The fourth-order valence-electron chi connectivity index (χ4n) is 2.73. The average Bonchev–Trinajstić information content (AvgIpc) is 2.59. The minimum absolute atomic E-state index is 0.0972. The molecule has 2 nitrogen and oxygen atoms in total. The minimum Gasteiger partial charge on any atom is -0.378 e. The second-order valence-corrected chi connectivity index (χ2v) is 6.71. The van der Waals surface area contributed by atoms with E-state index in [4.69, 9.17) is 4.74 Å². The SMILES string of the molecule is CCC(C)(C)C=O.CCCC(CCC)C(CC)(CC)OC.CS. The van der Waals surface area contributed by atoms with Crippen LogP contribution in [-0.4, -0.2) is 25.3 Å². The fourth-order valence-corrected chi connectivity index (χ4v) is 2.73. The average molecular weight is 349 g/mol. The van der Waals surface area contributed by atoms with Crippen LogP contribution in [0.5, 0.6) is 0 Å². The monoisotopic (exact) mass is 348 g/mol. The van der Waals surface area contributed by atoms with E-state index in [0.29, 0.717) is 0 Å². The Labute approximate surface area is 152 Å². The third-order valence-electron chi connectivity index (χ3n) is 4.85. The van der Waals surface area contributed by atoms with Crippen molar-refractivity contribution in [2.45, 2.75) is 99.0 Å². The molecule has 0 aromatic carbocycles. The number of hydrogen-bond donors (Lipinski definition) is 1. The van der Waals surface area contributed by atoms with Crippen LogP contribution in [0.15, 0.2) is 0 Å². The molecule has 0 spiro atoms. The van der Waals surface area contributed by atoms with Crippen molar-refractivity contribution in [3.8, 4) is 0 Å². The van der Waals surface area contributed by atoms with Crippen LogP contribution in [0.25, 0.3) is 0 Å². The first-order chi connectivity index (χ1) is 10.8. The summed E-state index contributed by atoms with van der Waals surface area (Å²) < 4.78 is 5.80. The summed E-state index contributed by atoms with van der Waals surface area (Å²) in [6.07, 6.45) is 11.1. The van der Waals surface area contributed by atoms with Crippen LogP contribution in [0.2, 0.25) is 0 Å². The largest absolute Gasteiger partial charge is 0.378 e. The molecule has 0 aliphatic carbocycles. The number of thiol groups is 1. The number of carbonyl (C=O) groups is 1. The molecule has 142 valence electrons. The summed E-state index contributed by atoms with van der Waals surface area (Å²) in [4.78, 5) is 10.1. The van der Waals surface area contributed by atoms with Gasteiger partial charge in [0.2, 0.25) is 0 Å². The maximum Gasteiger partial charge on any atom is 0.125 e. The highest BCUT2D eigenvalue weighted by Crippen LogP contribution is 2.35. The van der Waals surface area contributed by atoms with E-state index in [2.05, 4.69) is 40.3 Å². The lowest BCUT2D eigenvalue weighted by Crippen LogP contribution is -2.38. The maximum atomic E-state index is 10.1. The van der Waals surface area contributed by atoms with Crippen molar-refractivity contribution in [3.63, 3.8) is 0 Å². The Hall–Kier alpha value is -0.0200. The van der Waals surface area contributed by atoms with Crippen LogP contribution in [0.4, 0.5) is 0 Å². The van der Waals surface area contributed by atoms with Gasteiger partial charge in [0.15, 0.2) is 0 Å². The van der Waals surface area contributed by atoms with Crippen molar-refractivity contribution < 1.29 is 9.53 Å². The first kappa shape index (κ1) is 27.8. The molecule has 0 unspecified atom stereocenters. The van der Waals surface area contributed by atoms with Gasteiger partial charge in [-0.05, 0) is 44.3 Å². The van der Waals surface area contributed by atoms with E-state index in [9.17, 15) is 4.79 Å². The van der Waals surface area contributed by atoms with Crippen LogP contribution < -0.4 is 0 Å². The van der Waals surface area contributed by atoms with Gasteiger partial charge in [0.1, 0.15) is 6.29 Å². The number of hydrogen-bond acceptors (Lipinski definition) is 3. The van der Waals surface area contributed by atoms with Crippen molar-refractivity contribution in [2.75, 3.05) is 13.4 Å². The first-order valence-electron chi connectivity index (χ1n) is 9.29. The normalized spacial score (nSPS) is 11.3. The van der Waals surface area contributed by atoms with Crippen molar-refractivity contribution in [1.29, 1.82) is 0 Å². The molecule has 0 aliphatic rings. The lowest BCUT2D eigenvalue weighted by molar-refractivity contribution is -0.114. The van der Waals surface area contributed by atoms with Gasteiger partial charge in [0.05, 0.1) is 5.60 Å². The van der Waals surface area contributed by atoms with Crippen molar-refractivity contribution in [2.24, 2.45) is 11.3 Å². The zero-order chi connectivity index (χ0) is 18.9. The molecule has 0 saturated carbocycles. The van der Waals surface area contributed by atoms with E-state index in [1.54, 1.807) is 6.26 Å². The van der Waals surface area contributed by atoms with E-state index >= 15 is 0 Å². The second kappa shape index (κ2) is 16.8. The third kappa shape index (κ3) is 12.1. The second-order valence-electron chi connectivity index (χ2n) is 6.71. The summed E-state index contributed by atoms with van der Waals surface area (Å²) in [5, 5.41) is 0. The Bertz CT molecular complexity index is 234. The van der Waals surface area contributed by atoms with Crippen molar-refractivity contribution in [3.05, 3.63) is 0 Å². The zero-order valence-electron chi connectivity index (χ0n) is 17.4. The van der Waals surface area contributed by atoms with Crippen LogP contribution in [-0.2, 0) is 9.53 Å². The molecule has 3 heteroatoms. The molecular weight excluding hydrogens is 304 g/mol. The van der Waals surface area contributed by atoms with Gasteiger partial charge in [-0.25, -0.2) is 0 Å². The Kier molecular flexibility index (Phi) is 20.3. The molecule has 0 amide bonds. The Morgan fingerprint density at radius 1 is 0.913 bits per heavy atom. The molecule has 0 heterocycles. The van der Waals surface area contributed by atoms with E-state index < -0.39 is 0 Å². The van der Waals surface area contributed by atoms with Gasteiger partial charge in [-0.3, -0.25) is 0 Å². The number of ether oxygens (including phenoxy) is 1. The highest BCUT2D eigenvalue weighted by atomic mass is 32.1. The molecule has 0 radical (unpaired) electrons. The summed E-state index contributed by atoms with van der Waals surface area (Å²) in [7, 11) is 1.88. The maximum absolute atomic E-state index is 10.1. The van der Waals surface area contributed by atoms with Crippen molar-refractivity contribution >= 4 is 18.9 Å². The Morgan fingerprint density at radius 2 is 1.30 bits per heavy atom. The summed E-state index contributed by atoms with van der Waals surface area (Å²) in [6, 6.07) is 0. The molecule has 0 atom stereocenters. The van der Waals surface area contributed by atoms with Gasteiger partial charge in [0.25, 0.3) is 0 Å². The molecule has 0 N–H and O–H groups in total. The van der Waals surface area contributed by atoms with Crippen LogP contribution in [0.1, 0.15) is 93.4 Å². The molecular formula is C20H44O2S. The van der Waals surface area contributed by atoms with Crippen molar-refractivity contribution in [1.82, 2.24) is 0 Å². The quantitative estimate of drug-likeness (QED) is 0.356. The zero-order valence-corrected chi connectivity index (χ0v) is 18.3. The van der Waals surface area contributed by atoms with Gasteiger partial charge < -0.3 is 9.53 Å². The molecule has 0 aromatic rings. The Balaban J connectivity index is -0.000000373. The highest BCUT2D eigenvalue weighted by Gasteiger charge is 2.34. The Morgan fingerprint density at radius 3 is 1.43 bits per heavy atom. The fraction of sp³-hybridized carbons (Fsp3) is 0.950. The van der Waals surface area contributed by atoms with Crippen LogP contribution in [0.3, 0.4) is 0 Å². The number of aldehydes is 1. The standard InChI is InChI=1S/C13H28O.C6H12O.CH4S/c1-6-10-12(11-7-2)13(8-3,9-4)14-5;1-4-6(2,3)5-7;1-2/h12H,6-11H2,1-5H3;5H,4H2,1-3H3;2H,1H3. The number of carbonyl (C=O) groups excluding carboxylic acids is 1. The lowest BCUT2D eigenvalue weighted by atomic mass is 9.77. The van der Waals surface area contributed by atoms with Gasteiger partial charge in [-0.1, -0.05) is 61.3 Å². The molecule has 0 aromatic heterocycles. The van der Waals surface area contributed by atoms with Gasteiger partial charge >= 0.3 is 0 Å². The van der Waals surface area contributed by atoms with Gasteiger partial charge in [-0.15, -0.1) is 0 Å². The third-order valence-corrected chi connectivity index (χ3v) is 4.85. The van der Waals surface area contributed by atoms with Gasteiger partial charge in [0, 0.05) is 12.5 Å².